The number of amides is 2. The maximum absolute atomic E-state index is 13.4. The molecule has 1 heterocycles. The third kappa shape index (κ3) is 4.28. The van der Waals surface area contributed by atoms with Gasteiger partial charge < -0.3 is 9.80 Å². The standard InChI is InChI=1S/C21H23FN2O2/c1-16-14-18(8-9-19(16)22)21(26)24-11-5-10-23(12-13-24)20(25)15-17-6-3-2-4-7-17/h2-4,6-9,14H,5,10-13,15H2,1H3. The fraction of sp³-hybridized carbons (Fsp3) is 0.333. The second kappa shape index (κ2) is 8.13. The number of halogens is 1. The van der Waals surface area contributed by atoms with E-state index in [1.54, 1.807) is 17.9 Å². The highest BCUT2D eigenvalue weighted by Crippen LogP contribution is 2.14. The molecule has 0 radical (unpaired) electrons. The third-order valence-corrected chi connectivity index (χ3v) is 4.74. The van der Waals surface area contributed by atoms with Gasteiger partial charge in [0.2, 0.25) is 5.91 Å². The van der Waals surface area contributed by atoms with Crippen molar-refractivity contribution in [3.63, 3.8) is 0 Å². The van der Waals surface area contributed by atoms with Crippen molar-refractivity contribution >= 4 is 11.8 Å². The van der Waals surface area contributed by atoms with Crippen LogP contribution < -0.4 is 0 Å². The average molecular weight is 354 g/mol. The van der Waals surface area contributed by atoms with Crippen LogP contribution in [-0.4, -0.2) is 47.8 Å². The summed E-state index contributed by atoms with van der Waals surface area (Å²) in [5.74, 6) is -0.330. The lowest BCUT2D eigenvalue weighted by Gasteiger charge is -2.22. The molecule has 3 rings (SSSR count). The number of carbonyl (C=O) groups excluding carboxylic acids is 2. The number of hydrogen-bond donors (Lipinski definition) is 0. The number of nitrogens with zero attached hydrogens (tertiary/aromatic N) is 2. The molecule has 0 aliphatic carbocycles. The number of benzene rings is 2. The average Bonchev–Trinajstić information content (AvgIpc) is 2.90. The molecule has 0 saturated carbocycles. The number of hydrogen-bond acceptors (Lipinski definition) is 2. The minimum absolute atomic E-state index is 0.0862. The van der Waals surface area contributed by atoms with Gasteiger partial charge in [-0.1, -0.05) is 30.3 Å². The summed E-state index contributed by atoms with van der Waals surface area (Å²) in [6, 6.07) is 14.1. The number of rotatable bonds is 3. The zero-order valence-electron chi connectivity index (χ0n) is 15.0. The van der Waals surface area contributed by atoms with Crippen molar-refractivity contribution in [3.8, 4) is 0 Å². The van der Waals surface area contributed by atoms with Gasteiger partial charge in [0.05, 0.1) is 6.42 Å². The maximum atomic E-state index is 13.4. The molecule has 0 bridgehead atoms. The Labute approximate surface area is 153 Å². The van der Waals surface area contributed by atoms with Crippen LogP contribution in [-0.2, 0) is 11.2 Å². The highest BCUT2D eigenvalue weighted by Gasteiger charge is 2.23. The summed E-state index contributed by atoms with van der Waals surface area (Å²) in [5, 5.41) is 0. The maximum Gasteiger partial charge on any atom is 0.253 e. The largest absolute Gasteiger partial charge is 0.341 e. The van der Waals surface area contributed by atoms with Gasteiger partial charge in [-0.3, -0.25) is 9.59 Å². The summed E-state index contributed by atoms with van der Waals surface area (Å²) in [5.41, 5.74) is 1.95. The normalized spacial score (nSPS) is 14.8. The zero-order valence-corrected chi connectivity index (χ0v) is 15.0. The van der Waals surface area contributed by atoms with Crippen molar-refractivity contribution < 1.29 is 14.0 Å². The molecule has 136 valence electrons. The molecule has 2 aromatic rings. The van der Waals surface area contributed by atoms with Crippen molar-refractivity contribution in [2.45, 2.75) is 19.8 Å². The summed E-state index contributed by atoms with van der Waals surface area (Å²) >= 11 is 0. The Balaban J connectivity index is 1.61. The van der Waals surface area contributed by atoms with Crippen LogP contribution in [0.4, 0.5) is 4.39 Å². The van der Waals surface area contributed by atoms with Crippen molar-refractivity contribution in [1.82, 2.24) is 9.80 Å². The molecule has 0 spiro atoms. The highest BCUT2D eigenvalue weighted by atomic mass is 19.1. The second-order valence-corrected chi connectivity index (χ2v) is 6.65. The van der Waals surface area contributed by atoms with Crippen LogP contribution in [0.3, 0.4) is 0 Å². The minimum Gasteiger partial charge on any atom is -0.341 e. The highest BCUT2D eigenvalue weighted by molar-refractivity contribution is 5.94. The van der Waals surface area contributed by atoms with Crippen LogP contribution in [0.15, 0.2) is 48.5 Å². The van der Waals surface area contributed by atoms with E-state index in [0.717, 1.165) is 12.0 Å². The Morgan fingerprint density at radius 3 is 2.38 bits per heavy atom. The molecule has 0 atom stereocenters. The molecule has 0 N–H and O–H groups in total. The molecule has 1 saturated heterocycles. The molecule has 0 aromatic heterocycles. The molecule has 26 heavy (non-hydrogen) atoms. The molecule has 0 unspecified atom stereocenters. The van der Waals surface area contributed by atoms with Crippen LogP contribution in [0.1, 0.15) is 27.9 Å². The van der Waals surface area contributed by atoms with Crippen LogP contribution in [0.5, 0.6) is 0 Å². The van der Waals surface area contributed by atoms with Gasteiger partial charge in [-0.2, -0.15) is 0 Å². The Kier molecular flexibility index (Phi) is 5.66. The first-order valence-electron chi connectivity index (χ1n) is 8.92. The van der Waals surface area contributed by atoms with Gasteiger partial charge in [-0.15, -0.1) is 0 Å². The van der Waals surface area contributed by atoms with Gasteiger partial charge in [0.15, 0.2) is 0 Å². The molecule has 5 heteroatoms. The van der Waals surface area contributed by atoms with E-state index in [4.69, 9.17) is 0 Å². The molecule has 2 aromatic carbocycles. The monoisotopic (exact) mass is 354 g/mol. The SMILES string of the molecule is Cc1cc(C(=O)N2CCCN(C(=O)Cc3ccccc3)CC2)ccc1F. The lowest BCUT2D eigenvalue weighted by molar-refractivity contribution is -0.130. The van der Waals surface area contributed by atoms with Crippen molar-refractivity contribution in [1.29, 1.82) is 0 Å². The molecule has 1 aliphatic heterocycles. The van der Waals surface area contributed by atoms with E-state index in [1.165, 1.54) is 12.1 Å². The summed E-state index contributed by atoms with van der Waals surface area (Å²) in [7, 11) is 0. The van der Waals surface area contributed by atoms with Gasteiger partial charge in [0.25, 0.3) is 5.91 Å². The fourth-order valence-electron chi connectivity index (χ4n) is 3.21. The van der Waals surface area contributed by atoms with Gasteiger partial charge in [-0.05, 0) is 42.7 Å². The van der Waals surface area contributed by atoms with Crippen molar-refractivity contribution in [3.05, 3.63) is 71.0 Å². The minimum atomic E-state index is -0.310. The Hall–Kier alpha value is -2.69. The number of carbonyl (C=O) groups is 2. The van der Waals surface area contributed by atoms with Crippen molar-refractivity contribution in [2.75, 3.05) is 26.2 Å². The van der Waals surface area contributed by atoms with Gasteiger partial charge >= 0.3 is 0 Å². The van der Waals surface area contributed by atoms with E-state index < -0.39 is 0 Å². The van der Waals surface area contributed by atoms with E-state index in [0.29, 0.717) is 43.7 Å². The third-order valence-electron chi connectivity index (χ3n) is 4.74. The predicted octanol–water partition coefficient (Wildman–Crippen LogP) is 3.05. The molecule has 1 aliphatic rings. The van der Waals surface area contributed by atoms with Crippen LogP contribution >= 0.6 is 0 Å². The van der Waals surface area contributed by atoms with Gasteiger partial charge in [-0.25, -0.2) is 4.39 Å². The first-order chi connectivity index (χ1) is 12.5. The lowest BCUT2D eigenvalue weighted by Crippen LogP contribution is -2.38. The summed E-state index contributed by atoms with van der Waals surface area (Å²) < 4.78 is 13.4. The van der Waals surface area contributed by atoms with Crippen LogP contribution in [0.2, 0.25) is 0 Å². The van der Waals surface area contributed by atoms with Crippen LogP contribution in [0.25, 0.3) is 0 Å². The Bertz CT molecular complexity index is 792. The smallest absolute Gasteiger partial charge is 0.253 e. The van der Waals surface area contributed by atoms with E-state index in [1.807, 2.05) is 35.2 Å². The molecular weight excluding hydrogens is 331 g/mol. The fourth-order valence-corrected chi connectivity index (χ4v) is 3.21. The molecule has 1 fully saturated rings. The Morgan fingerprint density at radius 1 is 0.962 bits per heavy atom. The number of aryl methyl sites for hydroxylation is 1. The zero-order chi connectivity index (χ0) is 18.5. The quantitative estimate of drug-likeness (QED) is 0.850. The van der Waals surface area contributed by atoms with E-state index >= 15 is 0 Å². The summed E-state index contributed by atoms with van der Waals surface area (Å²) in [4.78, 5) is 28.8. The second-order valence-electron chi connectivity index (χ2n) is 6.65. The van der Waals surface area contributed by atoms with Crippen molar-refractivity contribution in [2.24, 2.45) is 0 Å². The van der Waals surface area contributed by atoms with Crippen LogP contribution in [0, 0.1) is 12.7 Å². The first kappa shape index (κ1) is 18.1. The first-order valence-corrected chi connectivity index (χ1v) is 8.92. The predicted molar refractivity (Wildman–Crippen MR) is 98.4 cm³/mol. The van der Waals surface area contributed by atoms with Gasteiger partial charge in [0, 0.05) is 31.7 Å². The van der Waals surface area contributed by atoms with E-state index in [2.05, 4.69) is 0 Å². The molecule has 2 amide bonds. The van der Waals surface area contributed by atoms with Gasteiger partial charge in [0.1, 0.15) is 5.82 Å². The van der Waals surface area contributed by atoms with E-state index in [9.17, 15) is 14.0 Å². The van der Waals surface area contributed by atoms with E-state index in [-0.39, 0.29) is 17.6 Å². The summed E-state index contributed by atoms with van der Waals surface area (Å²) in [6.45, 7) is 3.92. The molecular formula is C21H23FN2O2. The topological polar surface area (TPSA) is 40.6 Å². The summed E-state index contributed by atoms with van der Waals surface area (Å²) in [6.07, 6.45) is 1.12. The lowest BCUT2D eigenvalue weighted by atomic mass is 10.1. The molecule has 4 nitrogen and oxygen atoms in total. The Morgan fingerprint density at radius 2 is 1.65 bits per heavy atom.